The first-order valence-electron chi connectivity index (χ1n) is 13.7. The van der Waals surface area contributed by atoms with Gasteiger partial charge < -0.3 is 9.47 Å². The number of hydrogen-bond acceptors (Lipinski definition) is 6. The van der Waals surface area contributed by atoms with Crippen molar-refractivity contribution in [3.8, 4) is 5.75 Å². The Labute approximate surface area is 276 Å². The van der Waals surface area contributed by atoms with Gasteiger partial charge in [-0.05, 0) is 94.3 Å². The maximum absolute atomic E-state index is 14.2. The van der Waals surface area contributed by atoms with Gasteiger partial charge in [0.1, 0.15) is 5.75 Å². The standard InChI is InChI=1S/C33H30I2N2O4S/c1-5-40-30-23(16-24(34)18-25(30)35)17-26-31(38)37-29(22-14-12-20(13-15-22)19(3)4)27(32(39)41-6-2)28(36-33(37)42-26)21-10-8-7-9-11-21/h7-19,29H,5-6H2,1-4H3/b26-17-/t29-/m0/s1. The van der Waals surface area contributed by atoms with Gasteiger partial charge in [0.05, 0.1) is 38.6 Å². The Balaban J connectivity index is 1.83. The highest BCUT2D eigenvalue weighted by Gasteiger charge is 2.35. The molecule has 0 N–H and O–H groups in total. The van der Waals surface area contributed by atoms with Crippen LogP contribution in [0.4, 0.5) is 0 Å². The summed E-state index contributed by atoms with van der Waals surface area (Å²) in [5.41, 5.74) is 4.24. The van der Waals surface area contributed by atoms with Crippen LogP contribution in [0, 0.1) is 7.14 Å². The van der Waals surface area contributed by atoms with Gasteiger partial charge in [-0.2, -0.15) is 0 Å². The normalized spacial score (nSPS) is 15.0. The summed E-state index contributed by atoms with van der Waals surface area (Å²) >= 11 is 5.84. The van der Waals surface area contributed by atoms with Gasteiger partial charge in [-0.3, -0.25) is 9.36 Å². The van der Waals surface area contributed by atoms with E-state index in [4.69, 9.17) is 14.5 Å². The monoisotopic (exact) mass is 804 g/mol. The molecule has 0 unspecified atom stereocenters. The van der Waals surface area contributed by atoms with Crippen molar-refractivity contribution >= 4 is 74.3 Å². The van der Waals surface area contributed by atoms with Crippen LogP contribution in [0.15, 0.2) is 82.1 Å². The third kappa shape index (κ3) is 6.14. The van der Waals surface area contributed by atoms with Crippen molar-refractivity contribution in [2.45, 2.75) is 39.7 Å². The molecule has 1 aromatic heterocycles. The Kier molecular flexibility index (Phi) is 9.68. The zero-order valence-corrected chi connectivity index (χ0v) is 28.8. The minimum atomic E-state index is -0.707. The zero-order chi connectivity index (χ0) is 30.0. The van der Waals surface area contributed by atoms with Gasteiger partial charge >= 0.3 is 5.97 Å². The van der Waals surface area contributed by atoms with Crippen molar-refractivity contribution in [3.63, 3.8) is 0 Å². The van der Waals surface area contributed by atoms with E-state index >= 15 is 0 Å². The van der Waals surface area contributed by atoms with Crippen molar-refractivity contribution in [2.24, 2.45) is 4.99 Å². The topological polar surface area (TPSA) is 69.9 Å². The molecular weight excluding hydrogens is 774 g/mol. The van der Waals surface area contributed by atoms with Crippen molar-refractivity contribution in [1.82, 2.24) is 4.57 Å². The van der Waals surface area contributed by atoms with Crippen molar-refractivity contribution < 1.29 is 14.3 Å². The molecule has 0 saturated heterocycles. The fourth-order valence-corrected chi connectivity index (χ4v) is 7.98. The number of esters is 1. The van der Waals surface area contributed by atoms with E-state index in [2.05, 4.69) is 71.2 Å². The Hall–Kier alpha value is -2.77. The second-order valence-corrected chi connectivity index (χ2v) is 13.4. The summed E-state index contributed by atoms with van der Waals surface area (Å²) < 4.78 is 15.7. The molecule has 0 radical (unpaired) electrons. The molecular formula is C33H30I2N2O4S. The lowest BCUT2D eigenvalue weighted by molar-refractivity contribution is -0.138. The number of hydrogen-bond donors (Lipinski definition) is 0. The molecule has 1 aliphatic rings. The number of benzene rings is 3. The Morgan fingerprint density at radius 1 is 1.05 bits per heavy atom. The van der Waals surface area contributed by atoms with Crippen LogP contribution in [0.5, 0.6) is 5.75 Å². The molecule has 4 aromatic rings. The van der Waals surface area contributed by atoms with Crippen LogP contribution in [0.25, 0.3) is 11.8 Å². The van der Waals surface area contributed by atoms with Gasteiger partial charge in [-0.15, -0.1) is 0 Å². The molecule has 0 bridgehead atoms. The Morgan fingerprint density at radius 3 is 2.40 bits per heavy atom. The van der Waals surface area contributed by atoms with Crippen molar-refractivity contribution in [2.75, 3.05) is 13.2 Å². The van der Waals surface area contributed by atoms with Crippen LogP contribution in [-0.2, 0) is 9.53 Å². The van der Waals surface area contributed by atoms with E-state index in [1.54, 1.807) is 11.5 Å². The highest BCUT2D eigenvalue weighted by atomic mass is 127. The van der Waals surface area contributed by atoms with E-state index in [1.165, 1.54) is 16.9 Å². The number of carbonyl (C=O) groups excluding carboxylic acids is 1. The minimum Gasteiger partial charge on any atom is -0.492 e. The molecule has 216 valence electrons. The summed E-state index contributed by atoms with van der Waals surface area (Å²) in [4.78, 5) is 33.4. The predicted octanol–water partition coefficient (Wildman–Crippen LogP) is 6.67. The van der Waals surface area contributed by atoms with Crippen LogP contribution in [-0.4, -0.2) is 23.8 Å². The molecule has 9 heteroatoms. The summed E-state index contributed by atoms with van der Waals surface area (Å²) in [5, 5.41) is 0. The fourth-order valence-electron chi connectivity index (χ4n) is 4.94. The first kappa shape index (κ1) is 30.7. The number of halogens is 2. The summed E-state index contributed by atoms with van der Waals surface area (Å²) in [5.74, 6) is 0.595. The molecule has 1 atom stereocenters. The quantitative estimate of drug-likeness (QED) is 0.148. The Morgan fingerprint density at radius 2 is 1.76 bits per heavy atom. The van der Waals surface area contributed by atoms with Gasteiger partial charge in [-0.1, -0.05) is 79.8 Å². The number of rotatable bonds is 8. The van der Waals surface area contributed by atoms with Gasteiger partial charge in [0.15, 0.2) is 4.80 Å². The second kappa shape index (κ2) is 13.3. The van der Waals surface area contributed by atoms with Gasteiger partial charge in [0.2, 0.25) is 0 Å². The average Bonchev–Trinajstić information content (AvgIpc) is 3.28. The lowest BCUT2D eigenvalue weighted by Gasteiger charge is -2.26. The summed E-state index contributed by atoms with van der Waals surface area (Å²) in [7, 11) is 0. The number of ether oxygens (including phenoxy) is 2. The average molecular weight is 804 g/mol. The van der Waals surface area contributed by atoms with Crippen LogP contribution < -0.4 is 19.6 Å². The third-order valence-corrected chi connectivity index (χ3v) is 9.31. The van der Waals surface area contributed by atoms with E-state index < -0.39 is 12.0 Å². The van der Waals surface area contributed by atoms with Gasteiger partial charge in [-0.25, -0.2) is 9.79 Å². The molecule has 0 spiro atoms. The number of fused-ring (bicyclic) bond motifs is 1. The van der Waals surface area contributed by atoms with Crippen molar-refractivity contribution in [1.29, 1.82) is 0 Å². The van der Waals surface area contributed by atoms with Crippen molar-refractivity contribution in [3.05, 3.63) is 121 Å². The van der Waals surface area contributed by atoms with E-state index in [0.29, 0.717) is 33.1 Å². The SMILES string of the molecule is CCOC(=O)C1=C(c2ccccc2)N=c2s/c(=C\c3cc(I)cc(I)c3OCC)c(=O)n2[C@H]1c1ccc(C(C)C)cc1. The number of aromatic nitrogens is 1. The second-order valence-electron chi connectivity index (χ2n) is 9.99. The number of carbonyl (C=O) groups is 1. The van der Waals surface area contributed by atoms with Crippen LogP contribution in [0.3, 0.4) is 0 Å². The molecule has 5 rings (SSSR count). The largest absolute Gasteiger partial charge is 0.492 e. The zero-order valence-electron chi connectivity index (χ0n) is 23.7. The number of nitrogens with zero attached hydrogens (tertiary/aromatic N) is 2. The number of thiazole rings is 1. The lowest BCUT2D eigenvalue weighted by atomic mass is 9.91. The molecule has 0 fully saturated rings. The van der Waals surface area contributed by atoms with E-state index in [0.717, 1.165) is 29.6 Å². The third-order valence-electron chi connectivity index (χ3n) is 6.90. The first-order valence-corrected chi connectivity index (χ1v) is 16.7. The Bertz CT molecular complexity index is 1840. The van der Waals surface area contributed by atoms with E-state index in [-0.39, 0.29) is 12.2 Å². The lowest BCUT2D eigenvalue weighted by Crippen LogP contribution is -2.40. The maximum Gasteiger partial charge on any atom is 0.338 e. The highest BCUT2D eigenvalue weighted by molar-refractivity contribution is 14.1. The molecule has 2 heterocycles. The molecule has 6 nitrogen and oxygen atoms in total. The molecule has 0 amide bonds. The maximum atomic E-state index is 14.2. The van der Waals surface area contributed by atoms with Crippen LogP contribution >= 0.6 is 56.5 Å². The smallest absolute Gasteiger partial charge is 0.338 e. The predicted molar refractivity (Wildman–Crippen MR) is 185 cm³/mol. The summed E-state index contributed by atoms with van der Waals surface area (Å²) in [6.07, 6.45) is 1.87. The van der Waals surface area contributed by atoms with Crippen LogP contribution in [0.2, 0.25) is 0 Å². The van der Waals surface area contributed by atoms with Gasteiger partial charge in [0, 0.05) is 14.7 Å². The van der Waals surface area contributed by atoms with E-state index in [1.807, 2.05) is 67.6 Å². The van der Waals surface area contributed by atoms with Gasteiger partial charge in [0.25, 0.3) is 5.56 Å². The van der Waals surface area contributed by atoms with Crippen LogP contribution in [0.1, 0.15) is 61.9 Å². The molecule has 3 aromatic carbocycles. The van der Waals surface area contributed by atoms with E-state index in [9.17, 15) is 9.59 Å². The molecule has 0 saturated carbocycles. The summed E-state index contributed by atoms with van der Waals surface area (Å²) in [6.45, 7) is 8.71. The first-order chi connectivity index (χ1) is 20.2. The fraction of sp³-hybridized carbons (Fsp3) is 0.242. The highest BCUT2D eigenvalue weighted by Crippen LogP contribution is 2.36. The minimum absolute atomic E-state index is 0.208. The molecule has 0 aliphatic carbocycles. The molecule has 42 heavy (non-hydrogen) atoms. The summed E-state index contributed by atoms with van der Waals surface area (Å²) in [6, 6.07) is 21.1. The molecule has 1 aliphatic heterocycles.